The van der Waals surface area contributed by atoms with Crippen LogP contribution in [0.2, 0.25) is 5.02 Å². The Morgan fingerprint density at radius 3 is 3.00 bits per heavy atom. The summed E-state index contributed by atoms with van der Waals surface area (Å²) in [6, 6.07) is 10.7. The number of carbonyl (C=O) groups excluding carboxylic acids is 1. The molecule has 28 heavy (non-hydrogen) atoms. The van der Waals surface area contributed by atoms with Crippen molar-refractivity contribution in [2.24, 2.45) is 0 Å². The zero-order chi connectivity index (χ0) is 19.9. The monoisotopic (exact) mass is 416 g/mol. The first-order chi connectivity index (χ1) is 13.6. The van der Waals surface area contributed by atoms with Crippen LogP contribution in [0.5, 0.6) is 5.75 Å². The third-order valence-electron chi connectivity index (χ3n) is 4.18. The van der Waals surface area contributed by atoms with E-state index in [9.17, 15) is 4.79 Å². The van der Waals surface area contributed by atoms with Crippen molar-refractivity contribution < 1.29 is 9.53 Å². The molecule has 0 spiro atoms. The smallest absolute Gasteiger partial charge is 0.244 e. The number of ether oxygens (including phenoxy) is 1. The normalized spacial score (nSPS) is 12.4. The molecule has 0 aliphatic heterocycles. The Labute approximate surface area is 172 Å². The summed E-state index contributed by atoms with van der Waals surface area (Å²) >= 11 is 7.76. The number of fused-ring (bicyclic) bond motifs is 1. The lowest BCUT2D eigenvalue weighted by Gasteiger charge is -2.16. The molecule has 0 aliphatic carbocycles. The van der Waals surface area contributed by atoms with E-state index in [1.165, 1.54) is 6.08 Å². The van der Waals surface area contributed by atoms with Gasteiger partial charge in [-0.3, -0.25) is 9.20 Å². The highest BCUT2D eigenvalue weighted by Crippen LogP contribution is 2.24. The second kappa shape index (κ2) is 9.61. The Bertz CT molecular complexity index is 989. The molecule has 1 N–H and O–H groups in total. The van der Waals surface area contributed by atoms with Gasteiger partial charge in [-0.15, -0.1) is 10.2 Å². The highest BCUT2D eigenvalue weighted by molar-refractivity contribution is 7.98. The first-order valence-electron chi connectivity index (χ1n) is 8.73. The molecule has 2 aromatic heterocycles. The molecule has 0 saturated carbocycles. The third kappa shape index (κ3) is 4.85. The fourth-order valence-corrected chi connectivity index (χ4v) is 3.47. The zero-order valence-electron chi connectivity index (χ0n) is 15.6. The maximum absolute atomic E-state index is 12.6. The van der Waals surface area contributed by atoms with Gasteiger partial charge in [0.25, 0.3) is 0 Å². The van der Waals surface area contributed by atoms with Gasteiger partial charge in [0.1, 0.15) is 5.75 Å². The summed E-state index contributed by atoms with van der Waals surface area (Å²) in [5.41, 5.74) is 1.49. The number of nitrogens with zero attached hydrogens (tertiary/aromatic N) is 3. The summed E-state index contributed by atoms with van der Waals surface area (Å²) in [5.74, 6) is 2.03. The van der Waals surface area contributed by atoms with E-state index in [1.807, 2.05) is 35.1 Å². The number of methoxy groups -OCH3 is 1. The number of hydrogen-bond donors (Lipinski definition) is 1. The molecule has 0 saturated heterocycles. The van der Waals surface area contributed by atoms with Gasteiger partial charge in [-0.25, -0.2) is 0 Å². The van der Waals surface area contributed by atoms with Crippen LogP contribution in [0, 0.1) is 0 Å². The van der Waals surface area contributed by atoms with Crippen molar-refractivity contribution in [1.29, 1.82) is 0 Å². The van der Waals surface area contributed by atoms with Crippen molar-refractivity contribution in [3.05, 3.63) is 65.1 Å². The van der Waals surface area contributed by atoms with Gasteiger partial charge in [-0.2, -0.15) is 11.8 Å². The fourth-order valence-electron chi connectivity index (χ4n) is 2.82. The molecule has 0 radical (unpaired) electrons. The second-order valence-electron chi connectivity index (χ2n) is 6.05. The van der Waals surface area contributed by atoms with E-state index in [1.54, 1.807) is 43.1 Å². The summed E-state index contributed by atoms with van der Waals surface area (Å²) in [7, 11) is 1.58. The largest absolute Gasteiger partial charge is 0.496 e. The number of aromatic nitrogens is 3. The molecule has 8 heteroatoms. The van der Waals surface area contributed by atoms with Crippen molar-refractivity contribution in [3.8, 4) is 5.75 Å². The Balaban J connectivity index is 1.79. The molecule has 1 atom stereocenters. The molecule has 3 rings (SSSR count). The van der Waals surface area contributed by atoms with Crippen LogP contribution in [0.1, 0.15) is 23.9 Å². The quantitative estimate of drug-likeness (QED) is 0.562. The predicted octanol–water partition coefficient (Wildman–Crippen LogP) is 4.02. The van der Waals surface area contributed by atoms with Crippen LogP contribution in [0.15, 0.2) is 48.7 Å². The summed E-state index contributed by atoms with van der Waals surface area (Å²) in [6.45, 7) is 0. The maximum Gasteiger partial charge on any atom is 0.244 e. The lowest BCUT2D eigenvalue weighted by atomic mass is 10.1. The first kappa shape index (κ1) is 20.2. The van der Waals surface area contributed by atoms with E-state index in [0.717, 1.165) is 23.4 Å². The SMILES string of the molecule is COc1ccc(Cl)cc1/C=C/C(=O)NC(CCSC)c1nnc2ccccn12. The van der Waals surface area contributed by atoms with Gasteiger partial charge in [0.15, 0.2) is 11.5 Å². The van der Waals surface area contributed by atoms with Crippen molar-refractivity contribution in [3.63, 3.8) is 0 Å². The van der Waals surface area contributed by atoms with E-state index < -0.39 is 0 Å². The fraction of sp³-hybridized carbons (Fsp3) is 0.250. The number of hydrogen-bond acceptors (Lipinski definition) is 5. The van der Waals surface area contributed by atoms with Crippen molar-refractivity contribution in [2.45, 2.75) is 12.5 Å². The van der Waals surface area contributed by atoms with Crippen molar-refractivity contribution in [2.75, 3.05) is 19.1 Å². The molecule has 0 fully saturated rings. The standard InChI is InChI=1S/C20H21ClN4O2S/c1-27-17-8-7-15(21)13-14(17)6-9-19(26)22-16(10-12-28-2)20-24-23-18-5-3-4-11-25(18)20/h3-9,11,13,16H,10,12H2,1-2H3,(H,22,26)/b9-6+. The number of thioether (sulfide) groups is 1. The van der Waals surface area contributed by atoms with Crippen LogP contribution in [-0.4, -0.2) is 39.6 Å². The summed E-state index contributed by atoms with van der Waals surface area (Å²) in [6.07, 6.45) is 7.84. The first-order valence-corrected chi connectivity index (χ1v) is 10.5. The molecular formula is C20H21ClN4O2S. The third-order valence-corrected chi connectivity index (χ3v) is 5.06. The van der Waals surface area contributed by atoms with E-state index in [-0.39, 0.29) is 11.9 Å². The average molecular weight is 417 g/mol. The van der Waals surface area contributed by atoms with Crippen LogP contribution < -0.4 is 10.1 Å². The molecule has 146 valence electrons. The molecule has 6 nitrogen and oxygen atoms in total. The Kier molecular flexibility index (Phi) is 6.95. The number of carbonyl (C=O) groups is 1. The van der Waals surface area contributed by atoms with Crippen LogP contribution in [0.3, 0.4) is 0 Å². The molecule has 1 amide bonds. The van der Waals surface area contributed by atoms with Crippen LogP contribution in [-0.2, 0) is 4.79 Å². The maximum atomic E-state index is 12.6. The molecule has 1 aromatic carbocycles. The number of rotatable bonds is 8. The van der Waals surface area contributed by atoms with Gasteiger partial charge < -0.3 is 10.1 Å². The van der Waals surface area contributed by atoms with Gasteiger partial charge in [-0.1, -0.05) is 17.7 Å². The average Bonchev–Trinajstić information content (AvgIpc) is 3.14. The highest BCUT2D eigenvalue weighted by Gasteiger charge is 2.19. The number of pyridine rings is 1. The Hall–Kier alpha value is -2.51. The highest BCUT2D eigenvalue weighted by atomic mass is 35.5. The van der Waals surface area contributed by atoms with Crippen LogP contribution >= 0.6 is 23.4 Å². The van der Waals surface area contributed by atoms with Gasteiger partial charge in [0, 0.05) is 22.9 Å². The minimum atomic E-state index is -0.247. The topological polar surface area (TPSA) is 68.5 Å². The Morgan fingerprint density at radius 2 is 2.21 bits per heavy atom. The van der Waals surface area contributed by atoms with Gasteiger partial charge in [0.05, 0.1) is 13.2 Å². The summed E-state index contributed by atoms with van der Waals surface area (Å²) < 4.78 is 7.21. The van der Waals surface area contributed by atoms with E-state index in [2.05, 4.69) is 15.5 Å². The summed E-state index contributed by atoms with van der Waals surface area (Å²) in [5, 5.41) is 12.1. The molecule has 2 heterocycles. The molecule has 3 aromatic rings. The van der Waals surface area contributed by atoms with E-state index >= 15 is 0 Å². The Morgan fingerprint density at radius 1 is 1.36 bits per heavy atom. The molecular weight excluding hydrogens is 396 g/mol. The molecule has 1 unspecified atom stereocenters. The number of amides is 1. The number of halogens is 1. The van der Waals surface area contributed by atoms with Crippen molar-refractivity contribution in [1.82, 2.24) is 19.9 Å². The van der Waals surface area contributed by atoms with Gasteiger partial charge >= 0.3 is 0 Å². The predicted molar refractivity (Wildman–Crippen MR) is 114 cm³/mol. The number of nitrogens with one attached hydrogen (secondary N) is 1. The van der Waals surface area contributed by atoms with Crippen LogP contribution in [0.4, 0.5) is 0 Å². The van der Waals surface area contributed by atoms with Crippen molar-refractivity contribution >= 4 is 41.0 Å². The minimum absolute atomic E-state index is 0.221. The molecule has 0 aliphatic rings. The molecule has 0 bridgehead atoms. The zero-order valence-corrected chi connectivity index (χ0v) is 17.2. The lowest BCUT2D eigenvalue weighted by Crippen LogP contribution is -2.29. The van der Waals surface area contributed by atoms with Crippen LogP contribution in [0.25, 0.3) is 11.7 Å². The number of benzene rings is 1. The van der Waals surface area contributed by atoms with E-state index in [0.29, 0.717) is 16.6 Å². The minimum Gasteiger partial charge on any atom is -0.496 e. The van der Waals surface area contributed by atoms with E-state index in [4.69, 9.17) is 16.3 Å². The van der Waals surface area contributed by atoms with Gasteiger partial charge in [-0.05, 0) is 54.8 Å². The second-order valence-corrected chi connectivity index (χ2v) is 7.47. The summed E-state index contributed by atoms with van der Waals surface area (Å²) in [4.78, 5) is 12.6. The van der Waals surface area contributed by atoms with Gasteiger partial charge in [0.2, 0.25) is 5.91 Å². The lowest BCUT2D eigenvalue weighted by molar-refractivity contribution is -0.117.